The van der Waals surface area contributed by atoms with Gasteiger partial charge in [0.05, 0.1) is 0 Å². The first kappa shape index (κ1) is 19.7. The van der Waals surface area contributed by atoms with E-state index in [1.165, 1.54) is 22.2 Å². The lowest BCUT2D eigenvalue weighted by Gasteiger charge is -2.37. The predicted octanol–water partition coefficient (Wildman–Crippen LogP) is 4.02. The zero-order valence-corrected chi connectivity index (χ0v) is 17.3. The maximum absolute atomic E-state index is 10.5. The van der Waals surface area contributed by atoms with Crippen molar-refractivity contribution in [1.29, 1.82) is 0 Å². The van der Waals surface area contributed by atoms with Gasteiger partial charge in [-0.25, -0.2) is 0 Å². The van der Waals surface area contributed by atoms with Crippen molar-refractivity contribution >= 4 is 16.5 Å². The molecule has 1 aliphatic rings. The fourth-order valence-corrected chi connectivity index (χ4v) is 4.05. The summed E-state index contributed by atoms with van der Waals surface area (Å²) in [6.45, 7) is 9.22. The first-order valence-electron chi connectivity index (χ1n) is 10.4. The normalized spacial score (nSPS) is 16.2. The number of ether oxygens (including phenoxy) is 1. The Hall–Kier alpha value is -2.56. The van der Waals surface area contributed by atoms with Crippen molar-refractivity contribution in [2.24, 2.45) is 0 Å². The summed E-state index contributed by atoms with van der Waals surface area (Å²) in [7, 11) is 0. The first-order valence-corrected chi connectivity index (χ1v) is 10.4. The van der Waals surface area contributed by atoms with Crippen LogP contribution in [0.3, 0.4) is 0 Å². The van der Waals surface area contributed by atoms with Crippen LogP contribution in [-0.2, 0) is 0 Å². The monoisotopic (exact) mass is 390 g/mol. The Labute approximate surface area is 173 Å². The Balaban J connectivity index is 1.26. The number of β-amino-alcohol motifs (C(OH)–C–C–N with tert-alkyl or cyclic N) is 1. The number of anilines is 1. The number of hydrogen-bond acceptors (Lipinski definition) is 4. The van der Waals surface area contributed by atoms with Gasteiger partial charge in [0, 0.05) is 38.4 Å². The quantitative estimate of drug-likeness (QED) is 0.690. The van der Waals surface area contributed by atoms with Crippen molar-refractivity contribution < 1.29 is 9.84 Å². The molecule has 1 heterocycles. The molecule has 4 heteroatoms. The SMILES string of the molecule is Cc1cccc(N2CCN(C[C@@H](O)COc3ccc4ccccc4c3)CC2)c1C. The molecule has 0 aromatic heterocycles. The smallest absolute Gasteiger partial charge is 0.120 e. The minimum absolute atomic E-state index is 0.315. The molecule has 0 bridgehead atoms. The van der Waals surface area contributed by atoms with Crippen LogP contribution in [0, 0.1) is 13.8 Å². The summed E-state index contributed by atoms with van der Waals surface area (Å²) in [5.74, 6) is 0.808. The summed E-state index contributed by atoms with van der Waals surface area (Å²) >= 11 is 0. The van der Waals surface area contributed by atoms with Crippen LogP contribution in [0.25, 0.3) is 10.8 Å². The molecule has 152 valence electrons. The van der Waals surface area contributed by atoms with Crippen molar-refractivity contribution in [2.75, 3.05) is 44.2 Å². The van der Waals surface area contributed by atoms with Gasteiger partial charge < -0.3 is 14.7 Å². The standard InChI is InChI=1S/C25H30N2O2/c1-19-6-5-9-25(20(19)2)27-14-12-26(13-15-27)17-23(28)18-29-24-11-10-21-7-3-4-8-22(21)16-24/h3-11,16,23,28H,12-15,17-18H2,1-2H3/t23-/m1/s1. The molecule has 0 radical (unpaired) electrons. The molecule has 0 aliphatic carbocycles. The van der Waals surface area contributed by atoms with Gasteiger partial charge in [0.1, 0.15) is 18.5 Å². The van der Waals surface area contributed by atoms with Crippen LogP contribution in [0.1, 0.15) is 11.1 Å². The number of piperazine rings is 1. The van der Waals surface area contributed by atoms with E-state index in [0.29, 0.717) is 13.2 Å². The predicted molar refractivity (Wildman–Crippen MR) is 120 cm³/mol. The number of nitrogens with zero attached hydrogens (tertiary/aromatic N) is 2. The molecule has 1 fully saturated rings. The minimum atomic E-state index is -0.492. The van der Waals surface area contributed by atoms with Gasteiger partial charge in [-0.15, -0.1) is 0 Å². The van der Waals surface area contributed by atoms with Crippen LogP contribution in [0.2, 0.25) is 0 Å². The summed E-state index contributed by atoms with van der Waals surface area (Å²) in [4.78, 5) is 4.78. The maximum Gasteiger partial charge on any atom is 0.120 e. The van der Waals surface area contributed by atoms with Crippen LogP contribution in [0.4, 0.5) is 5.69 Å². The number of aryl methyl sites for hydroxylation is 1. The fourth-order valence-electron chi connectivity index (χ4n) is 4.05. The molecule has 0 unspecified atom stereocenters. The van der Waals surface area contributed by atoms with Gasteiger partial charge in [-0.1, -0.05) is 42.5 Å². The van der Waals surface area contributed by atoms with Gasteiger partial charge in [-0.2, -0.15) is 0 Å². The topological polar surface area (TPSA) is 35.9 Å². The number of fused-ring (bicyclic) bond motifs is 1. The summed E-state index contributed by atoms with van der Waals surface area (Å²) in [6.07, 6.45) is -0.492. The van der Waals surface area contributed by atoms with E-state index in [1.54, 1.807) is 0 Å². The van der Waals surface area contributed by atoms with Crippen LogP contribution < -0.4 is 9.64 Å². The largest absolute Gasteiger partial charge is 0.491 e. The van der Waals surface area contributed by atoms with Crippen LogP contribution in [0.5, 0.6) is 5.75 Å². The third kappa shape index (κ3) is 4.72. The Morgan fingerprint density at radius 2 is 1.66 bits per heavy atom. The zero-order valence-electron chi connectivity index (χ0n) is 17.3. The molecule has 0 saturated carbocycles. The summed E-state index contributed by atoms with van der Waals surface area (Å²) in [6, 6.07) is 20.8. The maximum atomic E-state index is 10.5. The number of benzene rings is 3. The lowest BCUT2D eigenvalue weighted by Crippen LogP contribution is -2.49. The number of aliphatic hydroxyl groups is 1. The second kappa shape index (κ2) is 8.85. The zero-order chi connectivity index (χ0) is 20.2. The summed E-state index contributed by atoms with van der Waals surface area (Å²) < 4.78 is 5.85. The third-order valence-electron chi connectivity index (χ3n) is 5.92. The van der Waals surface area contributed by atoms with Crippen LogP contribution >= 0.6 is 0 Å². The highest BCUT2D eigenvalue weighted by Crippen LogP contribution is 2.24. The molecule has 4 rings (SSSR count). The first-order chi connectivity index (χ1) is 14.1. The van der Waals surface area contributed by atoms with E-state index in [4.69, 9.17) is 4.74 Å². The molecule has 29 heavy (non-hydrogen) atoms. The van der Waals surface area contributed by atoms with Gasteiger partial charge in [-0.3, -0.25) is 4.90 Å². The second-order valence-corrected chi connectivity index (χ2v) is 7.98. The molecule has 1 N–H and O–H groups in total. The van der Waals surface area contributed by atoms with Gasteiger partial charge in [-0.05, 0) is 53.9 Å². The van der Waals surface area contributed by atoms with Crippen molar-refractivity contribution in [3.05, 3.63) is 71.8 Å². The summed E-state index contributed by atoms with van der Waals surface area (Å²) in [5, 5.41) is 12.8. The van der Waals surface area contributed by atoms with Crippen LogP contribution in [0.15, 0.2) is 60.7 Å². The van der Waals surface area contributed by atoms with E-state index in [2.05, 4.69) is 60.0 Å². The molecule has 0 spiro atoms. The number of hydrogen-bond donors (Lipinski definition) is 1. The highest BCUT2D eigenvalue weighted by atomic mass is 16.5. The van der Waals surface area contributed by atoms with Crippen molar-refractivity contribution in [3.8, 4) is 5.75 Å². The van der Waals surface area contributed by atoms with Gasteiger partial charge in [0.2, 0.25) is 0 Å². The van der Waals surface area contributed by atoms with E-state index >= 15 is 0 Å². The molecule has 1 aliphatic heterocycles. The molecule has 1 atom stereocenters. The number of aliphatic hydroxyl groups excluding tert-OH is 1. The van der Waals surface area contributed by atoms with E-state index < -0.39 is 6.10 Å². The van der Waals surface area contributed by atoms with Gasteiger partial charge in [0.25, 0.3) is 0 Å². The van der Waals surface area contributed by atoms with E-state index in [9.17, 15) is 5.11 Å². The van der Waals surface area contributed by atoms with Crippen molar-refractivity contribution in [3.63, 3.8) is 0 Å². The molecule has 4 nitrogen and oxygen atoms in total. The Morgan fingerprint density at radius 3 is 2.45 bits per heavy atom. The van der Waals surface area contributed by atoms with Crippen LogP contribution in [-0.4, -0.2) is 55.4 Å². The third-order valence-corrected chi connectivity index (χ3v) is 5.92. The molecular weight excluding hydrogens is 360 g/mol. The highest BCUT2D eigenvalue weighted by Gasteiger charge is 2.21. The second-order valence-electron chi connectivity index (χ2n) is 7.98. The molecule has 1 saturated heterocycles. The highest BCUT2D eigenvalue weighted by molar-refractivity contribution is 5.83. The average Bonchev–Trinajstić information content (AvgIpc) is 2.75. The lowest BCUT2D eigenvalue weighted by molar-refractivity contribution is 0.0663. The Kier molecular flexibility index (Phi) is 6.02. The van der Waals surface area contributed by atoms with Gasteiger partial charge in [0.15, 0.2) is 0 Å². The fraction of sp³-hybridized carbons (Fsp3) is 0.360. The minimum Gasteiger partial charge on any atom is -0.491 e. The lowest BCUT2D eigenvalue weighted by atomic mass is 10.1. The van der Waals surface area contributed by atoms with E-state index in [-0.39, 0.29) is 0 Å². The molecule has 0 amide bonds. The van der Waals surface area contributed by atoms with E-state index in [0.717, 1.165) is 37.3 Å². The summed E-state index contributed by atoms with van der Waals surface area (Å²) in [5.41, 5.74) is 4.04. The molecule has 3 aromatic carbocycles. The molecular formula is C25H30N2O2. The van der Waals surface area contributed by atoms with E-state index in [1.807, 2.05) is 24.3 Å². The Morgan fingerprint density at radius 1 is 0.897 bits per heavy atom. The Bertz CT molecular complexity index is 964. The van der Waals surface area contributed by atoms with Crippen molar-refractivity contribution in [1.82, 2.24) is 4.90 Å². The van der Waals surface area contributed by atoms with Crippen molar-refractivity contribution in [2.45, 2.75) is 20.0 Å². The molecule has 3 aromatic rings. The average molecular weight is 391 g/mol. The van der Waals surface area contributed by atoms with Gasteiger partial charge >= 0.3 is 0 Å². The number of rotatable bonds is 6.